The Morgan fingerprint density at radius 2 is 2.00 bits per heavy atom. The normalized spacial score (nSPS) is 20.1. The zero-order valence-electron chi connectivity index (χ0n) is 7.03. The van der Waals surface area contributed by atoms with E-state index in [-0.39, 0.29) is 0 Å². The van der Waals surface area contributed by atoms with Crippen molar-refractivity contribution in [3.63, 3.8) is 0 Å². The van der Waals surface area contributed by atoms with Crippen LogP contribution >= 0.6 is 0 Å². The first-order chi connectivity index (χ1) is 5.36. The highest BCUT2D eigenvalue weighted by Crippen LogP contribution is 2.37. The third-order valence-corrected chi connectivity index (χ3v) is 2.59. The number of hydrogen-bond donors (Lipinski definition) is 0. The van der Waals surface area contributed by atoms with Crippen LogP contribution in [0.2, 0.25) is 0 Å². The van der Waals surface area contributed by atoms with Crippen LogP contribution in [0.5, 0.6) is 0 Å². The molecule has 1 aliphatic carbocycles. The van der Waals surface area contributed by atoms with E-state index in [4.69, 9.17) is 0 Å². The van der Waals surface area contributed by atoms with Gasteiger partial charge in [0.15, 0.2) is 0 Å². The molecule has 60 valence electrons. The Balaban J connectivity index is 1.89. The highest BCUT2D eigenvalue weighted by atomic mass is 14.9. The first-order valence-corrected chi connectivity index (χ1v) is 4.47. The monoisotopic (exact) mass is 149 g/mol. The van der Waals surface area contributed by atoms with Crippen LogP contribution in [0.15, 0.2) is 24.5 Å². The van der Waals surface area contributed by atoms with Gasteiger partial charge in [0.25, 0.3) is 0 Å². The van der Waals surface area contributed by atoms with E-state index in [1.165, 1.54) is 19.4 Å². The minimum Gasteiger partial charge on any atom is -0.354 e. The fourth-order valence-electron chi connectivity index (χ4n) is 1.64. The van der Waals surface area contributed by atoms with E-state index in [1.54, 1.807) is 0 Å². The lowest BCUT2D eigenvalue weighted by molar-refractivity contribution is 0.431. The molecule has 2 rings (SSSR count). The molecule has 0 radical (unpaired) electrons. The lowest BCUT2D eigenvalue weighted by Gasteiger charge is -2.10. The van der Waals surface area contributed by atoms with Crippen molar-refractivity contribution in [3.8, 4) is 0 Å². The van der Waals surface area contributed by atoms with Gasteiger partial charge in [-0.1, -0.05) is 6.92 Å². The molecule has 1 unspecified atom stereocenters. The van der Waals surface area contributed by atoms with Gasteiger partial charge in [-0.25, -0.2) is 0 Å². The molecule has 0 spiro atoms. The summed E-state index contributed by atoms with van der Waals surface area (Å²) < 4.78 is 2.28. The topological polar surface area (TPSA) is 4.93 Å². The van der Waals surface area contributed by atoms with Crippen molar-refractivity contribution in [2.45, 2.75) is 26.3 Å². The molecule has 0 saturated heterocycles. The van der Waals surface area contributed by atoms with E-state index in [9.17, 15) is 0 Å². The first-order valence-electron chi connectivity index (χ1n) is 4.47. The second-order valence-corrected chi connectivity index (χ2v) is 3.69. The summed E-state index contributed by atoms with van der Waals surface area (Å²) in [5.41, 5.74) is 0. The Labute approximate surface area is 68.0 Å². The lowest BCUT2D eigenvalue weighted by atomic mass is 10.1. The molecule has 1 nitrogen and oxygen atoms in total. The van der Waals surface area contributed by atoms with Crippen LogP contribution in [0.3, 0.4) is 0 Å². The van der Waals surface area contributed by atoms with Gasteiger partial charge in [-0.2, -0.15) is 0 Å². The van der Waals surface area contributed by atoms with E-state index < -0.39 is 0 Å². The van der Waals surface area contributed by atoms with Crippen LogP contribution in [0.25, 0.3) is 0 Å². The first kappa shape index (κ1) is 6.96. The van der Waals surface area contributed by atoms with Crippen molar-refractivity contribution in [1.82, 2.24) is 4.57 Å². The van der Waals surface area contributed by atoms with Crippen molar-refractivity contribution in [2.75, 3.05) is 0 Å². The fraction of sp³-hybridized carbons (Fsp3) is 0.600. The molecule has 0 amide bonds. The van der Waals surface area contributed by atoms with Gasteiger partial charge in [0.05, 0.1) is 0 Å². The average Bonchev–Trinajstić information content (AvgIpc) is 2.73. The fourth-order valence-corrected chi connectivity index (χ4v) is 1.64. The van der Waals surface area contributed by atoms with E-state index in [2.05, 4.69) is 36.0 Å². The Hall–Kier alpha value is -0.720. The number of nitrogens with zero attached hydrogens (tertiary/aromatic N) is 1. The Morgan fingerprint density at radius 3 is 2.55 bits per heavy atom. The van der Waals surface area contributed by atoms with Gasteiger partial charge in [0.1, 0.15) is 0 Å². The van der Waals surface area contributed by atoms with E-state index in [0.29, 0.717) is 0 Å². The van der Waals surface area contributed by atoms with Gasteiger partial charge < -0.3 is 4.57 Å². The molecule has 1 aliphatic rings. The maximum absolute atomic E-state index is 2.36. The quantitative estimate of drug-likeness (QED) is 0.622. The van der Waals surface area contributed by atoms with Gasteiger partial charge in [-0.3, -0.25) is 0 Å². The predicted octanol–water partition coefficient (Wildman–Crippen LogP) is 2.53. The summed E-state index contributed by atoms with van der Waals surface area (Å²) >= 11 is 0. The SMILES string of the molecule is CC(Cn1cccc1)C1CC1. The second-order valence-electron chi connectivity index (χ2n) is 3.69. The summed E-state index contributed by atoms with van der Waals surface area (Å²) in [5, 5.41) is 0. The predicted molar refractivity (Wildman–Crippen MR) is 46.3 cm³/mol. The highest BCUT2D eigenvalue weighted by Gasteiger charge is 2.27. The second kappa shape index (κ2) is 2.72. The van der Waals surface area contributed by atoms with Crippen LogP contribution in [0.1, 0.15) is 19.8 Å². The Kier molecular flexibility index (Phi) is 1.72. The van der Waals surface area contributed by atoms with Gasteiger partial charge in [-0.05, 0) is 36.8 Å². The third kappa shape index (κ3) is 1.65. The molecule has 1 fully saturated rings. The largest absolute Gasteiger partial charge is 0.354 e. The van der Waals surface area contributed by atoms with Gasteiger partial charge in [0.2, 0.25) is 0 Å². The lowest BCUT2D eigenvalue weighted by Crippen LogP contribution is -2.06. The van der Waals surface area contributed by atoms with E-state index in [1.807, 2.05) is 0 Å². The molecule has 1 aromatic heterocycles. The molecule has 1 saturated carbocycles. The number of aromatic nitrogens is 1. The molecule has 11 heavy (non-hydrogen) atoms. The van der Waals surface area contributed by atoms with Gasteiger partial charge in [0, 0.05) is 18.9 Å². The maximum atomic E-state index is 2.36. The highest BCUT2D eigenvalue weighted by molar-refractivity contribution is 4.91. The summed E-state index contributed by atoms with van der Waals surface area (Å²) in [5.74, 6) is 1.90. The molecule has 0 bridgehead atoms. The summed E-state index contributed by atoms with van der Waals surface area (Å²) in [7, 11) is 0. The Morgan fingerprint density at radius 1 is 1.36 bits per heavy atom. The van der Waals surface area contributed by atoms with Crippen LogP contribution < -0.4 is 0 Å². The number of hydrogen-bond acceptors (Lipinski definition) is 0. The van der Waals surface area contributed by atoms with Crippen molar-refractivity contribution < 1.29 is 0 Å². The Bertz CT molecular complexity index is 209. The average molecular weight is 149 g/mol. The summed E-state index contributed by atoms with van der Waals surface area (Å²) in [6, 6.07) is 4.19. The molecule has 1 heterocycles. The third-order valence-electron chi connectivity index (χ3n) is 2.59. The molecule has 1 heteroatoms. The van der Waals surface area contributed by atoms with Gasteiger partial charge >= 0.3 is 0 Å². The smallest absolute Gasteiger partial charge is 0.0247 e. The molecule has 1 aromatic rings. The van der Waals surface area contributed by atoms with Crippen LogP contribution in [-0.2, 0) is 6.54 Å². The molecular formula is C10H15N. The van der Waals surface area contributed by atoms with E-state index in [0.717, 1.165) is 11.8 Å². The van der Waals surface area contributed by atoms with Crippen molar-refractivity contribution in [2.24, 2.45) is 11.8 Å². The summed E-state index contributed by atoms with van der Waals surface area (Å²) in [4.78, 5) is 0. The minimum atomic E-state index is 0.877. The van der Waals surface area contributed by atoms with Crippen LogP contribution in [0.4, 0.5) is 0 Å². The molecular weight excluding hydrogens is 134 g/mol. The van der Waals surface area contributed by atoms with Crippen molar-refractivity contribution >= 4 is 0 Å². The van der Waals surface area contributed by atoms with Crippen LogP contribution in [0, 0.1) is 11.8 Å². The van der Waals surface area contributed by atoms with E-state index >= 15 is 0 Å². The maximum Gasteiger partial charge on any atom is 0.0247 e. The minimum absolute atomic E-state index is 0.877. The zero-order chi connectivity index (χ0) is 7.68. The van der Waals surface area contributed by atoms with Crippen molar-refractivity contribution in [1.29, 1.82) is 0 Å². The van der Waals surface area contributed by atoms with Crippen LogP contribution in [-0.4, -0.2) is 4.57 Å². The summed E-state index contributed by atoms with van der Waals surface area (Å²) in [6.45, 7) is 3.56. The molecule has 0 aromatic carbocycles. The van der Waals surface area contributed by atoms with Gasteiger partial charge in [-0.15, -0.1) is 0 Å². The standard InChI is InChI=1S/C10H15N/c1-9(10-4-5-10)8-11-6-2-3-7-11/h2-3,6-7,9-10H,4-5,8H2,1H3. The zero-order valence-corrected chi connectivity index (χ0v) is 7.03. The molecule has 0 aliphatic heterocycles. The summed E-state index contributed by atoms with van der Waals surface area (Å²) in [6.07, 6.45) is 7.22. The molecule has 1 atom stereocenters. The molecule has 0 N–H and O–H groups in total. The number of rotatable bonds is 3. The van der Waals surface area contributed by atoms with Crippen molar-refractivity contribution in [3.05, 3.63) is 24.5 Å².